The molecule has 0 aliphatic heterocycles. The van der Waals surface area contributed by atoms with Crippen LogP contribution in [0.4, 0.5) is 0 Å². The van der Waals surface area contributed by atoms with Gasteiger partial charge in [-0.2, -0.15) is 0 Å². The molecule has 1 rings (SSSR count). The number of aryl methyl sites for hydroxylation is 1. The predicted molar refractivity (Wildman–Crippen MR) is 94.1 cm³/mol. The van der Waals surface area contributed by atoms with Crippen molar-refractivity contribution < 1.29 is 0 Å². The molecule has 0 heterocycles. The molecule has 0 unspecified atom stereocenters. The molecular weight excluding hydrogens is 254 g/mol. The SMILES string of the molecule is C=C/C=C\CCc1cccc(C/C=C(\C=N)C(C)(C)C)c1. The largest absolute Gasteiger partial charge is 0.308 e. The molecule has 1 N–H and O–H groups in total. The molecule has 0 aliphatic carbocycles. The van der Waals surface area contributed by atoms with Crippen molar-refractivity contribution in [2.75, 3.05) is 0 Å². The predicted octanol–water partition coefficient (Wildman–Crippen LogP) is 5.53. The Balaban J connectivity index is 2.72. The zero-order valence-corrected chi connectivity index (χ0v) is 13.5. The fourth-order valence-corrected chi connectivity index (χ4v) is 2.16. The highest BCUT2D eigenvalue weighted by molar-refractivity contribution is 5.77. The third kappa shape index (κ3) is 6.40. The molecule has 1 heteroatoms. The van der Waals surface area contributed by atoms with Crippen LogP contribution in [0.15, 0.2) is 60.7 Å². The van der Waals surface area contributed by atoms with Crippen molar-refractivity contribution in [1.82, 2.24) is 0 Å². The fourth-order valence-electron chi connectivity index (χ4n) is 2.16. The van der Waals surface area contributed by atoms with Gasteiger partial charge in [0.1, 0.15) is 0 Å². The second-order valence-corrected chi connectivity index (χ2v) is 6.28. The molecule has 0 aromatic heterocycles. The molecule has 0 radical (unpaired) electrons. The summed E-state index contributed by atoms with van der Waals surface area (Å²) in [6.45, 7) is 10.1. The van der Waals surface area contributed by atoms with Crippen LogP contribution in [0.2, 0.25) is 0 Å². The fraction of sp³-hybridized carbons (Fsp3) is 0.350. The molecule has 21 heavy (non-hydrogen) atoms. The van der Waals surface area contributed by atoms with Gasteiger partial charge in [0.25, 0.3) is 0 Å². The van der Waals surface area contributed by atoms with Crippen molar-refractivity contribution in [2.24, 2.45) is 5.41 Å². The van der Waals surface area contributed by atoms with Crippen molar-refractivity contribution >= 4 is 6.21 Å². The van der Waals surface area contributed by atoms with Crippen molar-refractivity contribution in [3.63, 3.8) is 0 Å². The lowest BCUT2D eigenvalue weighted by molar-refractivity contribution is 0.524. The minimum Gasteiger partial charge on any atom is -0.308 e. The Kier molecular flexibility index (Phi) is 6.87. The minimum atomic E-state index is 0.0366. The Bertz CT molecular complexity index is 527. The van der Waals surface area contributed by atoms with E-state index in [2.05, 4.69) is 63.8 Å². The molecule has 0 saturated heterocycles. The highest BCUT2D eigenvalue weighted by Crippen LogP contribution is 2.24. The lowest BCUT2D eigenvalue weighted by atomic mass is 9.86. The smallest absolute Gasteiger partial charge is 0.0212 e. The second-order valence-electron chi connectivity index (χ2n) is 6.28. The lowest BCUT2D eigenvalue weighted by Gasteiger charge is -2.19. The topological polar surface area (TPSA) is 23.9 Å². The van der Waals surface area contributed by atoms with Crippen molar-refractivity contribution in [2.45, 2.75) is 40.0 Å². The van der Waals surface area contributed by atoms with E-state index in [0.717, 1.165) is 24.8 Å². The van der Waals surface area contributed by atoms with Gasteiger partial charge in [0.2, 0.25) is 0 Å². The van der Waals surface area contributed by atoms with Gasteiger partial charge in [-0.25, -0.2) is 0 Å². The van der Waals surface area contributed by atoms with Crippen LogP contribution in [-0.4, -0.2) is 6.21 Å². The van der Waals surface area contributed by atoms with Crippen LogP contribution in [0.25, 0.3) is 0 Å². The maximum atomic E-state index is 7.55. The van der Waals surface area contributed by atoms with E-state index >= 15 is 0 Å². The molecule has 1 nitrogen and oxygen atoms in total. The number of nitrogens with one attached hydrogen (secondary N) is 1. The van der Waals surface area contributed by atoms with Gasteiger partial charge >= 0.3 is 0 Å². The molecule has 0 spiro atoms. The standard InChI is InChI=1S/C20H27N/c1-5-6-7-8-10-17-11-9-12-18(15-17)13-14-19(16-21)20(2,3)4/h5-7,9,11-12,14-16,21H,1,8,10,13H2,2-4H3/b7-6-,19-14+,21-16?. The number of benzene rings is 1. The van der Waals surface area contributed by atoms with E-state index in [1.807, 2.05) is 12.2 Å². The summed E-state index contributed by atoms with van der Waals surface area (Å²) in [5.74, 6) is 0. The van der Waals surface area contributed by atoms with Gasteiger partial charge in [-0.05, 0) is 41.4 Å². The molecule has 0 amide bonds. The summed E-state index contributed by atoms with van der Waals surface area (Å²) in [4.78, 5) is 0. The summed E-state index contributed by atoms with van der Waals surface area (Å²) in [7, 11) is 0. The molecule has 0 aliphatic rings. The third-order valence-electron chi connectivity index (χ3n) is 3.44. The Labute approximate surface area is 129 Å². The van der Waals surface area contributed by atoms with Gasteiger partial charge in [-0.1, -0.05) is 75.9 Å². The van der Waals surface area contributed by atoms with E-state index in [9.17, 15) is 0 Å². The highest BCUT2D eigenvalue weighted by Gasteiger charge is 2.14. The summed E-state index contributed by atoms with van der Waals surface area (Å²) in [5.41, 5.74) is 3.79. The maximum absolute atomic E-state index is 7.55. The van der Waals surface area contributed by atoms with Crippen molar-refractivity contribution in [3.8, 4) is 0 Å². The summed E-state index contributed by atoms with van der Waals surface area (Å²) in [5, 5.41) is 7.55. The first-order chi connectivity index (χ1) is 9.97. The Morgan fingerprint density at radius 3 is 2.57 bits per heavy atom. The van der Waals surface area contributed by atoms with Crippen molar-refractivity contribution in [1.29, 1.82) is 5.41 Å². The minimum absolute atomic E-state index is 0.0366. The lowest BCUT2D eigenvalue weighted by Crippen LogP contribution is -2.10. The summed E-state index contributed by atoms with van der Waals surface area (Å²) in [6.07, 6.45) is 12.6. The number of rotatable bonds is 7. The Hall–Kier alpha value is -1.89. The van der Waals surface area contributed by atoms with Crippen molar-refractivity contribution in [3.05, 3.63) is 71.8 Å². The van der Waals surface area contributed by atoms with Crippen LogP contribution in [0.3, 0.4) is 0 Å². The average Bonchev–Trinajstić information content (AvgIpc) is 2.43. The van der Waals surface area contributed by atoms with E-state index in [0.29, 0.717) is 0 Å². The Morgan fingerprint density at radius 2 is 1.95 bits per heavy atom. The van der Waals surface area contributed by atoms with Crippen LogP contribution in [0.1, 0.15) is 38.3 Å². The maximum Gasteiger partial charge on any atom is 0.0212 e. The van der Waals surface area contributed by atoms with Gasteiger partial charge in [-0.15, -0.1) is 0 Å². The van der Waals surface area contributed by atoms with Gasteiger partial charge < -0.3 is 5.41 Å². The molecule has 112 valence electrons. The normalized spacial score (nSPS) is 12.6. The number of allylic oxidation sites excluding steroid dienone is 5. The van der Waals surface area contributed by atoms with Crippen LogP contribution in [-0.2, 0) is 12.8 Å². The molecule has 0 atom stereocenters. The van der Waals surface area contributed by atoms with Crippen LogP contribution in [0.5, 0.6) is 0 Å². The van der Waals surface area contributed by atoms with E-state index < -0.39 is 0 Å². The van der Waals surface area contributed by atoms with E-state index in [1.165, 1.54) is 17.3 Å². The number of hydrogen-bond donors (Lipinski definition) is 1. The van der Waals surface area contributed by atoms with Crippen LogP contribution in [0, 0.1) is 10.8 Å². The molecule has 1 aromatic rings. The molecule has 0 fully saturated rings. The third-order valence-corrected chi connectivity index (χ3v) is 3.44. The van der Waals surface area contributed by atoms with Crippen LogP contribution >= 0.6 is 0 Å². The molecule has 0 bridgehead atoms. The quantitative estimate of drug-likeness (QED) is 0.502. The average molecular weight is 281 g/mol. The second kappa shape index (κ2) is 8.41. The first kappa shape index (κ1) is 17.2. The van der Waals surface area contributed by atoms with Gasteiger partial charge in [0, 0.05) is 6.21 Å². The van der Waals surface area contributed by atoms with Gasteiger partial charge in [-0.3, -0.25) is 0 Å². The summed E-state index contributed by atoms with van der Waals surface area (Å²) >= 11 is 0. The molecule has 1 aromatic carbocycles. The van der Waals surface area contributed by atoms with Gasteiger partial charge in [0.15, 0.2) is 0 Å². The molecule has 0 saturated carbocycles. The zero-order valence-electron chi connectivity index (χ0n) is 13.5. The monoisotopic (exact) mass is 281 g/mol. The van der Waals surface area contributed by atoms with Crippen LogP contribution < -0.4 is 0 Å². The summed E-state index contributed by atoms with van der Waals surface area (Å²) < 4.78 is 0. The van der Waals surface area contributed by atoms with E-state index in [1.54, 1.807) is 0 Å². The van der Waals surface area contributed by atoms with E-state index in [-0.39, 0.29) is 5.41 Å². The Morgan fingerprint density at radius 1 is 1.24 bits per heavy atom. The highest BCUT2D eigenvalue weighted by atomic mass is 14.4. The number of hydrogen-bond acceptors (Lipinski definition) is 1. The zero-order chi connectivity index (χ0) is 15.7. The molecular formula is C20H27N. The first-order valence-corrected chi connectivity index (χ1v) is 7.54. The van der Waals surface area contributed by atoms with E-state index in [4.69, 9.17) is 5.41 Å². The first-order valence-electron chi connectivity index (χ1n) is 7.54. The summed E-state index contributed by atoms with van der Waals surface area (Å²) in [6, 6.07) is 8.72. The van der Waals surface area contributed by atoms with Gasteiger partial charge in [0.05, 0.1) is 0 Å².